The number of sulfonamides is 1. The Morgan fingerprint density at radius 1 is 0.784 bits per heavy atom. The number of aromatic nitrogens is 1. The van der Waals surface area contributed by atoms with Crippen molar-refractivity contribution in [2.24, 2.45) is 7.05 Å². The normalized spacial score (nSPS) is 12.7. The van der Waals surface area contributed by atoms with Gasteiger partial charge < -0.3 is 8.98 Å². The zero-order valence-corrected chi connectivity index (χ0v) is 21.4. The number of furan rings is 1. The first kappa shape index (κ1) is 23.1. The van der Waals surface area contributed by atoms with E-state index in [0.29, 0.717) is 22.4 Å². The largest absolute Gasteiger partial charge is 0.458 e. The van der Waals surface area contributed by atoms with Crippen LogP contribution in [0.4, 0.5) is 5.69 Å². The average Bonchev–Trinajstić information content (AvgIpc) is 3.43. The summed E-state index contributed by atoms with van der Waals surface area (Å²) in [6, 6.07) is 32.7. The maximum absolute atomic E-state index is 13.6. The summed E-state index contributed by atoms with van der Waals surface area (Å²) in [6.07, 6.45) is 2.10. The van der Waals surface area contributed by atoms with E-state index in [-0.39, 0.29) is 10.8 Å². The zero-order valence-electron chi connectivity index (χ0n) is 20.5. The van der Waals surface area contributed by atoms with Gasteiger partial charge in [-0.15, -0.1) is 0 Å². The van der Waals surface area contributed by atoms with Crippen molar-refractivity contribution >= 4 is 37.6 Å². The van der Waals surface area contributed by atoms with E-state index in [1.54, 1.807) is 24.3 Å². The van der Waals surface area contributed by atoms with E-state index in [4.69, 9.17) is 4.42 Å². The van der Waals surface area contributed by atoms with Gasteiger partial charge in [0.1, 0.15) is 11.3 Å². The molecule has 1 unspecified atom stereocenters. The van der Waals surface area contributed by atoms with E-state index in [9.17, 15) is 8.42 Å². The van der Waals surface area contributed by atoms with Gasteiger partial charge in [-0.2, -0.15) is 0 Å². The third-order valence-electron chi connectivity index (χ3n) is 6.82. The summed E-state index contributed by atoms with van der Waals surface area (Å²) >= 11 is 0. The lowest BCUT2D eigenvalue weighted by Crippen LogP contribution is -2.15. The van der Waals surface area contributed by atoms with Crippen molar-refractivity contribution < 1.29 is 12.8 Å². The van der Waals surface area contributed by atoms with E-state index < -0.39 is 10.0 Å². The molecule has 5 nitrogen and oxygen atoms in total. The Labute approximate surface area is 216 Å². The number of fused-ring (bicyclic) bond motifs is 2. The van der Waals surface area contributed by atoms with Crippen LogP contribution in [-0.4, -0.2) is 13.0 Å². The van der Waals surface area contributed by atoms with E-state index in [1.165, 1.54) is 0 Å². The van der Waals surface area contributed by atoms with Gasteiger partial charge in [-0.3, -0.25) is 4.72 Å². The molecular weight excluding hydrogens is 480 g/mol. The SMILES string of the molecule is Cc1ccc(S(=O)(=O)Nc2c(C(c3ccccc3)c3cn(C)c4ccccc34)oc3ccccc23)cc1. The molecule has 6 aromatic rings. The minimum Gasteiger partial charge on any atom is -0.458 e. The first-order chi connectivity index (χ1) is 17.9. The molecule has 0 fully saturated rings. The van der Waals surface area contributed by atoms with E-state index in [1.807, 2.05) is 68.6 Å². The predicted molar refractivity (Wildman–Crippen MR) is 149 cm³/mol. The summed E-state index contributed by atoms with van der Waals surface area (Å²) < 4.78 is 38.6. The van der Waals surface area contributed by atoms with Crippen LogP contribution in [0.15, 0.2) is 119 Å². The third-order valence-corrected chi connectivity index (χ3v) is 8.19. The quantitative estimate of drug-likeness (QED) is 0.259. The van der Waals surface area contributed by atoms with Crippen LogP contribution in [0.3, 0.4) is 0 Å². The Hall–Kier alpha value is -4.29. The molecule has 0 spiro atoms. The molecule has 6 heteroatoms. The molecule has 37 heavy (non-hydrogen) atoms. The second-order valence-electron chi connectivity index (χ2n) is 9.31. The second kappa shape index (κ2) is 8.98. The number of aryl methyl sites for hydroxylation is 2. The van der Waals surface area contributed by atoms with Gasteiger partial charge in [-0.1, -0.05) is 78.4 Å². The molecule has 4 aromatic carbocycles. The molecule has 184 valence electrons. The number of para-hydroxylation sites is 2. The highest BCUT2D eigenvalue weighted by atomic mass is 32.2. The number of nitrogens with one attached hydrogen (secondary N) is 1. The molecule has 0 aliphatic carbocycles. The van der Waals surface area contributed by atoms with Crippen molar-refractivity contribution in [3.63, 3.8) is 0 Å². The Kier molecular flexibility index (Phi) is 5.61. The van der Waals surface area contributed by atoms with Gasteiger partial charge in [0.2, 0.25) is 0 Å². The maximum atomic E-state index is 13.6. The smallest absolute Gasteiger partial charge is 0.262 e. The lowest BCUT2D eigenvalue weighted by atomic mass is 9.88. The Balaban J connectivity index is 1.61. The van der Waals surface area contributed by atoms with Gasteiger partial charge >= 0.3 is 0 Å². The van der Waals surface area contributed by atoms with Crippen LogP contribution >= 0.6 is 0 Å². The number of hydrogen-bond acceptors (Lipinski definition) is 3. The van der Waals surface area contributed by atoms with Crippen molar-refractivity contribution in [1.29, 1.82) is 0 Å². The fraction of sp³-hybridized carbons (Fsp3) is 0.0968. The molecule has 1 atom stereocenters. The fourth-order valence-electron chi connectivity index (χ4n) is 5.00. The molecule has 2 aromatic heterocycles. The first-order valence-electron chi connectivity index (χ1n) is 12.1. The topological polar surface area (TPSA) is 64.2 Å². The number of hydrogen-bond donors (Lipinski definition) is 1. The molecule has 6 rings (SSSR count). The van der Waals surface area contributed by atoms with Gasteiger partial charge in [0.05, 0.1) is 16.5 Å². The minimum atomic E-state index is -3.86. The number of benzene rings is 4. The number of rotatable bonds is 6. The van der Waals surface area contributed by atoms with Crippen LogP contribution in [0.1, 0.15) is 28.4 Å². The summed E-state index contributed by atoms with van der Waals surface area (Å²) in [7, 11) is -1.84. The van der Waals surface area contributed by atoms with Crippen LogP contribution < -0.4 is 4.72 Å². The standard InChI is InChI=1S/C31H26N2O3S/c1-21-16-18-23(19-17-21)37(34,35)32-30-25-13-7-9-15-28(25)36-31(30)29(22-10-4-3-5-11-22)26-20-33(2)27-14-8-6-12-24(26)27/h3-20,29,32H,1-2H3. The number of nitrogens with zero attached hydrogens (tertiary/aromatic N) is 1. The highest BCUT2D eigenvalue weighted by Crippen LogP contribution is 2.44. The van der Waals surface area contributed by atoms with Crippen molar-refractivity contribution in [2.75, 3.05) is 4.72 Å². The molecule has 0 aliphatic heterocycles. The summed E-state index contributed by atoms with van der Waals surface area (Å²) in [5.41, 5.74) is 5.22. The summed E-state index contributed by atoms with van der Waals surface area (Å²) in [4.78, 5) is 0.204. The number of anilines is 1. The predicted octanol–water partition coefficient (Wildman–Crippen LogP) is 7.21. The maximum Gasteiger partial charge on any atom is 0.262 e. The van der Waals surface area contributed by atoms with Gasteiger partial charge in [0.15, 0.2) is 0 Å². The van der Waals surface area contributed by atoms with Crippen LogP contribution in [0.5, 0.6) is 0 Å². The van der Waals surface area contributed by atoms with Crippen LogP contribution in [-0.2, 0) is 17.1 Å². The van der Waals surface area contributed by atoms with Gasteiger partial charge in [0, 0.05) is 29.5 Å². The van der Waals surface area contributed by atoms with E-state index >= 15 is 0 Å². The highest BCUT2D eigenvalue weighted by molar-refractivity contribution is 7.92. The molecule has 0 bridgehead atoms. The minimum absolute atomic E-state index is 0.204. The fourth-order valence-corrected chi connectivity index (χ4v) is 6.10. The third kappa shape index (κ3) is 4.09. The molecule has 0 aliphatic rings. The van der Waals surface area contributed by atoms with Gasteiger partial charge in [0.25, 0.3) is 10.0 Å². The molecule has 0 saturated carbocycles. The van der Waals surface area contributed by atoms with Crippen molar-refractivity contribution in [1.82, 2.24) is 4.57 Å². The second-order valence-corrected chi connectivity index (χ2v) is 11.0. The van der Waals surface area contributed by atoms with Crippen molar-refractivity contribution in [3.05, 3.63) is 132 Å². The van der Waals surface area contributed by atoms with Crippen LogP contribution in [0, 0.1) is 6.92 Å². The molecule has 0 radical (unpaired) electrons. The van der Waals surface area contributed by atoms with Crippen molar-refractivity contribution in [3.8, 4) is 0 Å². The molecular formula is C31H26N2O3S. The monoisotopic (exact) mass is 506 g/mol. The Morgan fingerprint density at radius 2 is 1.43 bits per heavy atom. The average molecular weight is 507 g/mol. The van der Waals surface area contributed by atoms with E-state index in [2.05, 4.69) is 39.8 Å². The van der Waals surface area contributed by atoms with Crippen LogP contribution in [0.2, 0.25) is 0 Å². The first-order valence-corrected chi connectivity index (χ1v) is 13.6. The summed E-state index contributed by atoms with van der Waals surface area (Å²) in [6.45, 7) is 1.93. The highest BCUT2D eigenvalue weighted by Gasteiger charge is 2.30. The molecule has 2 heterocycles. The molecule has 1 N–H and O–H groups in total. The molecule has 0 saturated heterocycles. The van der Waals surface area contributed by atoms with Crippen molar-refractivity contribution in [2.45, 2.75) is 17.7 Å². The van der Waals surface area contributed by atoms with Gasteiger partial charge in [-0.05, 0) is 48.4 Å². The lowest BCUT2D eigenvalue weighted by molar-refractivity contribution is 0.544. The summed E-state index contributed by atoms with van der Waals surface area (Å²) in [5.74, 6) is 0.217. The van der Waals surface area contributed by atoms with Crippen LogP contribution in [0.25, 0.3) is 21.9 Å². The molecule has 0 amide bonds. The zero-order chi connectivity index (χ0) is 25.6. The van der Waals surface area contributed by atoms with E-state index in [0.717, 1.165) is 27.6 Å². The van der Waals surface area contributed by atoms with Gasteiger partial charge in [-0.25, -0.2) is 8.42 Å². The Morgan fingerprint density at radius 3 is 2.19 bits per heavy atom. The Bertz CT molecular complexity index is 1830. The lowest BCUT2D eigenvalue weighted by Gasteiger charge is -2.18. The summed E-state index contributed by atoms with van der Waals surface area (Å²) in [5, 5.41) is 1.81.